The Morgan fingerprint density at radius 1 is 0.903 bits per heavy atom. The van der Waals surface area contributed by atoms with E-state index in [0.29, 0.717) is 29.3 Å². The zero-order valence-corrected chi connectivity index (χ0v) is 17.8. The summed E-state index contributed by atoms with van der Waals surface area (Å²) in [5.74, 6) is 1.12. The van der Waals surface area contributed by atoms with Gasteiger partial charge in [0.15, 0.2) is 11.5 Å². The number of nitrogens with one attached hydrogen (secondary N) is 1. The minimum Gasteiger partial charge on any atom is -0.493 e. The topological polar surface area (TPSA) is 60.5 Å². The van der Waals surface area contributed by atoms with Gasteiger partial charge in [-0.05, 0) is 42.8 Å². The normalized spacial score (nSPS) is 10.7. The number of carbonyl (C=O) groups is 1. The summed E-state index contributed by atoms with van der Waals surface area (Å²) in [4.78, 5) is 17.9. The van der Waals surface area contributed by atoms with Gasteiger partial charge in [-0.3, -0.25) is 4.79 Å². The number of methoxy groups -OCH3 is 2. The quantitative estimate of drug-likeness (QED) is 0.475. The predicted molar refractivity (Wildman–Crippen MR) is 123 cm³/mol. The van der Waals surface area contributed by atoms with Gasteiger partial charge in [-0.1, -0.05) is 48.0 Å². The molecule has 156 valence electrons. The molecule has 5 heteroatoms. The van der Waals surface area contributed by atoms with E-state index in [9.17, 15) is 4.79 Å². The Bertz CT molecular complexity index is 1230. The average molecular weight is 412 g/mol. The summed E-state index contributed by atoms with van der Waals surface area (Å²) < 4.78 is 10.8. The highest BCUT2D eigenvalue weighted by molar-refractivity contribution is 6.07. The van der Waals surface area contributed by atoms with Gasteiger partial charge in [0.1, 0.15) is 0 Å². The highest BCUT2D eigenvalue weighted by Gasteiger charge is 2.15. The Balaban J connectivity index is 1.71. The fourth-order valence-corrected chi connectivity index (χ4v) is 3.49. The van der Waals surface area contributed by atoms with Crippen LogP contribution in [-0.4, -0.2) is 25.1 Å². The number of amides is 1. The molecule has 0 spiro atoms. The molecule has 0 aliphatic rings. The van der Waals surface area contributed by atoms with Crippen molar-refractivity contribution in [1.29, 1.82) is 0 Å². The Labute approximate surface area is 181 Å². The van der Waals surface area contributed by atoms with Gasteiger partial charge in [-0.2, -0.15) is 0 Å². The number of aromatic nitrogens is 1. The van der Waals surface area contributed by atoms with Crippen molar-refractivity contribution in [2.45, 2.75) is 13.5 Å². The van der Waals surface area contributed by atoms with Crippen LogP contribution in [0.1, 0.15) is 21.5 Å². The second-order valence-electron chi connectivity index (χ2n) is 7.31. The zero-order chi connectivity index (χ0) is 21.8. The molecule has 0 aliphatic heterocycles. The lowest BCUT2D eigenvalue weighted by Crippen LogP contribution is -2.23. The van der Waals surface area contributed by atoms with Crippen LogP contribution in [0.5, 0.6) is 11.5 Å². The molecule has 0 bridgehead atoms. The Morgan fingerprint density at radius 2 is 1.65 bits per heavy atom. The van der Waals surface area contributed by atoms with E-state index < -0.39 is 0 Å². The molecular formula is C26H24N2O3. The molecule has 0 fully saturated rings. The third-order valence-corrected chi connectivity index (χ3v) is 5.21. The fourth-order valence-electron chi connectivity index (χ4n) is 3.49. The van der Waals surface area contributed by atoms with Gasteiger partial charge in [0.25, 0.3) is 5.91 Å². The van der Waals surface area contributed by atoms with Crippen LogP contribution in [-0.2, 0) is 6.54 Å². The molecule has 0 unspecified atom stereocenters. The van der Waals surface area contributed by atoms with Crippen molar-refractivity contribution < 1.29 is 14.3 Å². The minimum absolute atomic E-state index is 0.138. The van der Waals surface area contributed by atoms with E-state index in [-0.39, 0.29) is 5.91 Å². The smallest absolute Gasteiger partial charge is 0.252 e. The van der Waals surface area contributed by atoms with E-state index in [1.165, 1.54) is 5.56 Å². The molecule has 4 aromatic rings. The fraction of sp³-hybridized carbons (Fsp3) is 0.154. The number of rotatable bonds is 6. The number of carbonyl (C=O) groups excluding carboxylic acids is 1. The minimum atomic E-state index is -0.138. The molecule has 0 saturated heterocycles. The molecule has 31 heavy (non-hydrogen) atoms. The molecule has 0 radical (unpaired) electrons. The van der Waals surface area contributed by atoms with Gasteiger partial charge in [0.2, 0.25) is 0 Å². The summed E-state index contributed by atoms with van der Waals surface area (Å²) in [6.07, 6.45) is 0. The van der Waals surface area contributed by atoms with Gasteiger partial charge < -0.3 is 14.8 Å². The van der Waals surface area contributed by atoms with Crippen LogP contribution in [0.25, 0.3) is 22.2 Å². The van der Waals surface area contributed by atoms with Crippen molar-refractivity contribution in [1.82, 2.24) is 10.3 Å². The van der Waals surface area contributed by atoms with Crippen molar-refractivity contribution in [3.05, 3.63) is 89.5 Å². The number of pyridine rings is 1. The van der Waals surface area contributed by atoms with E-state index in [1.807, 2.05) is 79.7 Å². The summed E-state index contributed by atoms with van der Waals surface area (Å²) in [5.41, 5.74) is 5.13. The highest BCUT2D eigenvalue weighted by Crippen LogP contribution is 2.33. The van der Waals surface area contributed by atoms with E-state index in [0.717, 1.165) is 22.0 Å². The van der Waals surface area contributed by atoms with Crippen LogP contribution in [0.2, 0.25) is 0 Å². The number of aryl methyl sites for hydroxylation is 1. The number of fused-ring (bicyclic) bond motifs is 1. The zero-order valence-electron chi connectivity index (χ0n) is 17.8. The van der Waals surface area contributed by atoms with Crippen molar-refractivity contribution in [2.75, 3.05) is 14.2 Å². The molecule has 1 N–H and O–H groups in total. The molecule has 1 amide bonds. The largest absolute Gasteiger partial charge is 0.493 e. The summed E-state index contributed by atoms with van der Waals surface area (Å²) in [7, 11) is 3.20. The second kappa shape index (κ2) is 8.88. The summed E-state index contributed by atoms with van der Waals surface area (Å²) in [6, 6.07) is 23.2. The van der Waals surface area contributed by atoms with Crippen molar-refractivity contribution in [2.24, 2.45) is 0 Å². The van der Waals surface area contributed by atoms with Crippen LogP contribution in [0.4, 0.5) is 0 Å². The van der Waals surface area contributed by atoms with Crippen LogP contribution in [0, 0.1) is 6.92 Å². The lowest BCUT2D eigenvalue weighted by Gasteiger charge is -2.13. The van der Waals surface area contributed by atoms with Crippen molar-refractivity contribution >= 4 is 16.8 Å². The molecule has 1 heterocycles. The molecule has 5 nitrogen and oxygen atoms in total. The van der Waals surface area contributed by atoms with Gasteiger partial charge in [-0.25, -0.2) is 4.98 Å². The number of ether oxygens (including phenoxy) is 2. The van der Waals surface area contributed by atoms with Crippen LogP contribution in [0.15, 0.2) is 72.8 Å². The van der Waals surface area contributed by atoms with E-state index >= 15 is 0 Å². The first kappa shape index (κ1) is 20.4. The van der Waals surface area contributed by atoms with Gasteiger partial charge in [0, 0.05) is 17.5 Å². The highest BCUT2D eigenvalue weighted by atomic mass is 16.5. The first-order chi connectivity index (χ1) is 15.1. The van der Waals surface area contributed by atoms with E-state index in [2.05, 4.69) is 5.32 Å². The lowest BCUT2D eigenvalue weighted by atomic mass is 10.0. The SMILES string of the molecule is COc1ccc(-c2cc(C(=O)NCc3ccc(C)cc3)c3ccccc3n2)cc1OC. The second-order valence-corrected chi connectivity index (χ2v) is 7.31. The maximum Gasteiger partial charge on any atom is 0.252 e. The van der Waals surface area contributed by atoms with E-state index in [4.69, 9.17) is 14.5 Å². The summed E-state index contributed by atoms with van der Waals surface area (Å²) in [5, 5.41) is 3.85. The summed E-state index contributed by atoms with van der Waals surface area (Å²) >= 11 is 0. The molecule has 3 aromatic carbocycles. The Kier molecular flexibility index (Phi) is 5.85. The molecule has 0 atom stereocenters. The maximum absolute atomic E-state index is 13.1. The first-order valence-corrected chi connectivity index (χ1v) is 10.0. The monoisotopic (exact) mass is 412 g/mol. The number of hydrogen-bond donors (Lipinski definition) is 1. The van der Waals surface area contributed by atoms with Crippen molar-refractivity contribution in [3.63, 3.8) is 0 Å². The van der Waals surface area contributed by atoms with Crippen LogP contribution >= 0.6 is 0 Å². The van der Waals surface area contributed by atoms with Crippen LogP contribution < -0.4 is 14.8 Å². The lowest BCUT2D eigenvalue weighted by molar-refractivity contribution is 0.0952. The molecule has 0 saturated carbocycles. The van der Waals surface area contributed by atoms with Gasteiger partial charge in [-0.15, -0.1) is 0 Å². The molecular weight excluding hydrogens is 388 g/mol. The first-order valence-electron chi connectivity index (χ1n) is 10.0. The molecule has 4 rings (SSSR count). The third-order valence-electron chi connectivity index (χ3n) is 5.21. The number of hydrogen-bond acceptors (Lipinski definition) is 4. The molecule has 1 aromatic heterocycles. The van der Waals surface area contributed by atoms with Gasteiger partial charge >= 0.3 is 0 Å². The van der Waals surface area contributed by atoms with Gasteiger partial charge in [0.05, 0.1) is 31.0 Å². The number of para-hydroxylation sites is 1. The van der Waals surface area contributed by atoms with Crippen molar-refractivity contribution in [3.8, 4) is 22.8 Å². The Morgan fingerprint density at radius 3 is 2.39 bits per heavy atom. The number of nitrogens with zero attached hydrogens (tertiary/aromatic N) is 1. The predicted octanol–water partition coefficient (Wildman–Crippen LogP) is 5.16. The standard InChI is InChI=1S/C26H24N2O3/c1-17-8-10-18(11-9-17)16-27-26(29)21-15-23(28-22-7-5-4-6-20(21)22)19-12-13-24(30-2)25(14-19)31-3/h4-15H,16H2,1-3H3,(H,27,29). The van der Waals surface area contributed by atoms with E-state index in [1.54, 1.807) is 14.2 Å². The average Bonchev–Trinajstić information content (AvgIpc) is 2.82. The molecule has 0 aliphatic carbocycles. The summed E-state index contributed by atoms with van der Waals surface area (Å²) in [6.45, 7) is 2.50. The number of benzene rings is 3. The maximum atomic E-state index is 13.1. The Hall–Kier alpha value is -3.86. The van der Waals surface area contributed by atoms with Crippen LogP contribution in [0.3, 0.4) is 0 Å². The third kappa shape index (κ3) is 4.36.